The smallest absolute Gasteiger partial charge is 0.854 e. The van der Waals surface area contributed by atoms with Crippen LogP contribution in [-0.4, -0.2) is 48.3 Å². The van der Waals surface area contributed by atoms with Gasteiger partial charge in [0.15, 0.2) is 23.1 Å². The SMILES string of the molecule is CCCC[O-].CCCC[O-].O=C([O-])C(=O)CC(=O)c1ccccc1.O=C([O-])C(=O)CC(=O)c1ccccc1.[Zr+4]. The van der Waals surface area contributed by atoms with E-state index in [1.165, 1.54) is 24.3 Å². The van der Waals surface area contributed by atoms with Crippen molar-refractivity contribution < 1.29 is 75.4 Å². The van der Waals surface area contributed by atoms with E-state index in [2.05, 4.69) is 0 Å². The second-order valence-corrected chi connectivity index (χ2v) is 7.47. The first-order valence-electron chi connectivity index (χ1n) is 11.9. The summed E-state index contributed by atoms with van der Waals surface area (Å²) in [5.74, 6) is -7.07. The van der Waals surface area contributed by atoms with Crippen molar-refractivity contribution in [3.8, 4) is 0 Å². The van der Waals surface area contributed by atoms with E-state index in [-0.39, 0.29) is 39.4 Å². The van der Waals surface area contributed by atoms with Crippen molar-refractivity contribution in [2.45, 2.75) is 52.4 Å². The maximum Gasteiger partial charge on any atom is 4.00 e. The number of ketones is 4. The summed E-state index contributed by atoms with van der Waals surface area (Å²) in [5.41, 5.74) is 0.643. The standard InChI is InChI=1S/2C10H8O4.2C4H9O.Zr/c2*11-8(6-9(12)10(13)14)7-4-2-1-3-5-7;2*1-2-3-4-5;/h2*1-5H,6H2,(H,13,14);2*2-4H2,1H3;/q;;2*-1;+4/p-2. The molecule has 0 aliphatic heterocycles. The third-order valence-corrected chi connectivity index (χ3v) is 4.28. The van der Waals surface area contributed by atoms with Gasteiger partial charge in [0, 0.05) is 11.1 Å². The third-order valence-electron chi connectivity index (χ3n) is 4.28. The molecule has 2 rings (SSSR count). The van der Waals surface area contributed by atoms with Crippen molar-refractivity contribution in [3.05, 3.63) is 71.8 Å². The summed E-state index contributed by atoms with van der Waals surface area (Å²) >= 11 is 0. The molecule has 0 radical (unpaired) electrons. The quantitative estimate of drug-likeness (QED) is 0.169. The number of hydrogen-bond donors (Lipinski definition) is 0. The molecule has 0 amide bonds. The molecule has 0 unspecified atom stereocenters. The van der Waals surface area contributed by atoms with Gasteiger partial charge in [-0.1, -0.05) is 100 Å². The average molecular weight is 620 g/mol. The Morgan fingerprint density at radius 1 is 0.564 bits per heavy atom. The third kappa shape index (κ3) is 22.5. The molecule has 0 saturated carbocycles. The van der Waals surface area contributed by atoms with Crippen LogP contribution in [0, 0.1) is 0 Å². The molecule has 0 heterocycles. The molecule has 39 heavy (non-hydrogen) atoms. The fraction of sp³-hybridized carbons (Fsp3) is 0.357. The van der Waals surface area contributed by atoms with Crippen molar-refractivity contribution >= 4 is 35.1 Å². The Labute approximate surface area is 247 Å². The molecule has 10 nitrogen and oxygen atoms in total. The number of aliphatic carboxylic acids is 2. The van der Waals surface area contributed by atoms with Gasteiger partial charge in [0.25, 0.3) is 0 Å². The molecule has 0 aliphatic carbocycles. The summed E-state index contributed by atoms with van der Waals surface area (Å²) in [5, 5.41) is 39.2. The van der Waals surface area contributed by atoms with Crippen LogP contribution in [0.2, 0.25) is 0 Å². The minimum absolute atomic E-state index is 0. The van der Waals surface area contributed by atoms with Crippen molar-refractivity contribution in [1.29, 1.82) is 0 Å². The largest absolute Gasteiger partial charge is 4.00 e. The van der Waals surface area contributed by atoms with Crippen LogP contribution in [0.5, 0.6) is 0 Å². The van der Waals surface area contributed by atoms with E-state index in [9.17, 15) is 49.2 Å². The molecule has 0 aromatic heterocycles. The Morgan fingerprint density at radius 2 is 0.846 bits per heavy atom. The number of carboxylic acid groups (broad SMARTS) is 2. The Bertz CT molecular complexity index is 906. The second kappa shape index (κ2) is 26.5. The number of benzene rings is 2. The van der Waals surface area contributed by atoms with E-state index in [4.69, 9.17) is 0 Å². The molecule has 2 aromatic rings. The van der Waals surface area contributed by atoms with Gasteiger partial charge in [-0.05, 0) is 0 Å². The first-order chi connectivity index (χ1) is 18.0. The van der Waals surface area contributed by atoms with E-state index in [1.54, 1.807) is 36.4 Å². The van der Waals surface area contributed by atoms with E-state index >= 15 is 0 Å². The molecular formula is C28H32O10Zr. The first-order valence-corrected chi connectivity index (χ1v) is 11.9. The summed E-state index contributed by atoms with van der Waals surface area (Å²) in [4.78, 5) is 63.9. The maximum absolute atomic E-state index is 11.2. The monoisotopic (exact) mass is 618 g/mol. The second-order valence-electron chi connectivity index (χ2n) is 7.47. The van der Waals surface area contributed by atoms with Gasteiger partial charge in [-0.25, -0.2) is 0 Å². The number of carbonyl (C=O) groups is 6. The van der Waals surface area contributed by atoms with E-state index < -0.39 is 47.9 Å². The molecule has 11 heteroatoms. The van der Waals surface area contributed by atoms with Crippen molar-refractivity contribution in [2.24, 2.45) is 0 Å². The van der Waals surface area contributed by atoms with Crippen LogP contribution in [0.4, 0.5) is 0 Å². The maximum atomic E-state index is 11.2. The zero-order chi connectivity index (χ0) is 29.3. The Kier molecular flexibility index (Phi) is 27.4. The van der Waals surface area contributed by atoms with Crippen molar-refractivity contribution in [3.63, 3.8) is 0 Å². The summed E-state index contributed by atoms with van der Waals surface area (Å²) in [6.07, 6.45) is 2.44. The molecular weight excluding hydrogens is 588 g/mol. The average Bonchev–Trinajstić information content (AvgIpc) is 2.91. The van der Waals surface area contributed by atoms with Gasteiger partial charge in [-0.3, -0.25) is 19.2 Å². The van der Waals surface area contributed by atoms with Gasteiger partial charge in [-0.15, -0.1) is 13.2 Å². The van der Waals surface area contributed by atoms with Crippen LogP contribution in [0.15, 0.2) is 60.7 Å². The Hall–Kier alpha value is -3.14. The van der Waals surface area contributed by atoms with Crippen molar-refractivity contribution in [1.82, 2.24) is 0 Å². The van der Waals surface area contributed by atoms with Crippen LogP contribution < -0.4 is 20.4 Å². The predicted octanol–water partition coefficient (Wildman–Crippen LogP) is -0.552. The van der Waals surface area contributed by atoms with E-state index in [1.807, 2.05) is 13.8 Å². The van der Waals surface area contributed by atoms with Gasteiger partial charge >= 0.3 is 26.2 Å². The van der Waals surface area contributed by atoms with Gasteiger partial charge in [0.05, 0.1) is 12.8 Å². The van der Waals surface area contributed by atoms with Crippen LogP contribution in [0.25, 0.3) is 0 Å². The molecule has 0 bridgehead atoms. The minimum atomic E-state index is -1.82. The van der Waals surface area contributed by atoms with Crippen molar-refractivity contribution in [2.75, 3.05) is 13.2 Å². The van der Waals surface area contributed by atoms with Gasteiger partial charge in [-0.2, -0.15) is 0 Å². The number of carbonyl (C=O) groups excluding carboxylic acids is 6. The predicted molar refractivity (Wildman–Crippen MR) is 130 cm³/mol. The van der Waals surface area contributed by atoms with Gasteiger partial charge in [0.1, 0.15) is 11.9 Å². The molecule has 208 valence electrons. The zero-order valence-corrected chi connectivity index (χ0v) is 24.5. The minimum Gasteiger partial charge on any atom is -0.854 e. The van der Waals surface area contributed by atoms with Crippen LogP contribution in [0.3, 0.4) is 0 Å². The van der Waals surface area contributed by atoms with Crippen LogP contribution in [-0.2, 0) is 45.4 Å². The molecule has 0 aliphatic rings. The topological polar surface area (TPSA) is 195 Å². The summed E-state index contributed by atoms with van der Waals surface area (Å²) < 4.78 is 0. The van der Waals surface area contributed by atoms with Crippen LogP contribution >= 0.6 is 0 Å². The summed E-state index contributed by atoms with van der Waals surface area (Å²) in [6, 6.07) is 16.1. The number of unbranched alkanes of at least 4 members (excludes halogenated alkanes) is 2. The molecule has 2 aromatic carbocycles. The fourth-order valence-corrected chi connectivity index (χ4v) is 2.18. The molecule has 0 fully saturated rings. The fourth-order valence-electron chi connectivity index (χ4n) is 2.18. The number of hydrogen-bond acceptors (Lipinski definition) is 10. The molecule has 0 atom stereocenters. The van der Waals surface area contributed by atoms with Crippen LogP contribution in [0.1, 0.15) is 73.1 Å². The summed E-state index contributed by atoms with van der Waals surface area (Å²) in [7, 11) is 0. The van der Waals surface area contributed by atoms with Gasteiger partial charge in [0.2, 0.25) is 0 Å². The molecule has 0 N–H and O–H groups in total. The summed E-state index contributed by atoms with van der Waals surface area (Å²) in [6.45, 7) is 4.21. The molecule has 0 spiro atoms. The molecule has 0 saturated heterocycles. The van der Waals surface area contributed by atoms with E-state index in [0.717, 1.165) is 25.7 Å². The normalized spacial score (nSPS) is 8.92. The van der Waals surface area contributed by atoms with E-state index in [0.29, 0.717) is 11.1 Å². The number of rotatable bonds is 12. The Morgan fingerprint density at radius 3 is 1.03 bits per heavy atom. The Balaban J connectivity index is -0.000000488. The first kappa shape index (κ1) is 40.4. The number of carboxylic acids is 2. The zero-order valence-electron chi connectivity index (χ0n) is 22.0. The number of Topliss-reactive ketones (excluding diaryl/α,β-unsaturated/α-hetero) is 4. The van der Waals surface area contributed by atoms with Gasteiger partial charge < -0.3 is 30.0 Å².